The van der Waals surface area contributed by atoms with Crippen LogP contribution in [0.5, 0.6) is 0 Å². The third-order valence-corrected chi connectivity index (χ3v) is 5.31. The van der Waals surface area contributed by atoms with E-state index in [0.717, 1.165) is 11.9 Å². The Morgan fingerprint density at radius 3 is 2.31 bits per heavy atom. The highest BCUT2D eigenvalue weighted by atomic mass is 32.2. The van der Waals surface area contributed by atoms with E-state index in [9.17, 15) is 0 Å². The van der Waals surface area contributed by atoms with Gasteiger partial charge in [-0.15, -0.1) is 0 Å². The van der Waals surface area contributed by atoms with Gasteiger partial charge >= 0.3 is 0 Å². The van der Waals surface area contributed by atoms with E-state index in [1.54, 1.807) is 0 Å². The summed E-state index contributed by atoms with van der Waals surface area (Å²) < 4.78 is 0. The van der Waals surface area contributed by atoms with Crippen LogP contribution >= 0.6 is 31.4 Å². The lowest BCUT2D eigenvalue weighted by atomic mass is 10.6. The zero-order chi connectivity index (χ0) is 9.94. The molecule has 0 saturated heterocycles. The van der Waals surface area contributed by atoms with Crippen LogP contribution in [0.4, 0.5) is 0 Å². The summed E-state index contributed by atoms with van der Waals surface area (Å²) in [6.45, 7) is 0. The molecule has 0 atom stereocenters. The van der Waals surface area contributed by atoms with Crippen LogP contribution in [0, 0.1) is 0 Å². The molecule has 0 aromatic rings. The molecule has 0 aliphatic heterocycles. The van der Waals surface area contributed by atoms with Crippen molar-refractivity contribution in [3.8, 4) is 0 Å². The minimum atomic E-state index is -0.496. The van der Waals surface area contributed by atoms with E-state index >= 15 is 0 Å². The zero-order valence-corrected chi connectivity index (χ0v) is 10.6. The van der Waals surface area contributed by atoms with Crippen LogP contribution in [-0.2, 0) is 0 Å². The van der Waals surface area contributed by atoms with Crippen LogP contribution < -0.4 is 0 Å². The molecule has 0 amide bonds. The Kier molecular flexibility index (Phi) is 12.0. The molecular weight excluding hydrogens is 223 g/mol. The summed E-state index contributed by atoms with van der Waals surface area (Å²) in [6.07, 6.45) is 4.74. The summed E-state index contributed by atoms with van der Waals surface area (Å²) in [5, 5.41) is 17.6. The van der Waals surface area contributed by atoms with Gasteiger partial charge in [-0.25, -0.2) is 0 Å². The van der Waals surface area contributed by atoms with Gasteiger partial charge < -0.3 is 10.2 Å². The maximum absolute atomic E-state index is 8.82. The van der Waals surface area contributed by atoms with E-state index in [0.29, 0.717) is 0 Å². The van der Waals surface area contributed by atoms with Crippen LogP contribution in [-0.4, -0.2) is 52.6 Å². The van der Waals surface area contributed by atoms with E-state index in [1.165, 1.54) is 17.9 Å². The van der Waals surface area contributed by atoms with Crippen molar-refractivity contribution in [3.05, 3.63) is 0 Å². The second kappa shape index (κ2) is 11.1. The number of aliphatic hydroxyl groups is 2. The van der Waals surface area contributed by atoms with Crippen molar-refractivity contribution < 1.29 is 10.2 Å². The zero-order valence-electron chi connectivity index (χ0n) is 8.11. The smallest absolute Gasteiger partial charge is 0.0646 e. The Morgan fingerprint density at radius 1 is 1.08 bits per heavy atom. The van der Waals surface area contributed by atoms with Gasteiger partial charge in [-0.2, -0.15) is 23.5 Å². The molecule has 0 bridgehead atoms. The second-order valence-electron chi connectivity index (χ2n) is 2.64. The molecule has 0 rings (SSSR count). The Hall–Kier alpha value is 1.05. The Bertz CT molecular complexity index is 102. The molecule has 0 radical (unpaired) electrons. The first-order valence-electron chi connectivity index (χ1n) is 4.36. The van der Waals surface area contributed by atoms with Crippen LogP contribution in [0.1, 0.15) is 6.42 Å². The summed E-state index contributed by atoms with van der Waals surface area (Å²) in [7, 11) is -0.496. The monoisotopic (exact) mass is 242 g/mol. The van der Waals surface area contributed by atoms with Crippen molar-refractivity contribution in [2.75, 3.05) is 42.4 Å². The predicted octanol–water partition coefficient (Wildman–Crippen LogP) is 1.85. The second-order valence-corrected chi connectivity index (χ2v) is 7.20. The van der Waals surface area contributed by atoms with Crippen molar-refractivity contribution in [1.29, 1.82) is 0 Å². The van der Waals surface area contributed by atoms with Gasteiger partial charge in [0.1, 0.15) is 0 Å². The van der Waals surface area contributed by atoms with Crippen molar-refractivity contribution in [2.45, 2.75) is 6.42 Å². The number of thioether (sulfide) groups is 2. The van der Waals surface area contributed by atoms with Gasteiger partial charge in [0.2, 0.25) is 0 Å². The molecule has 0 unspecified atom stereocenters. The number of hydrogen-bond acceptors (Lipinski definition) is 4. The van der Waals surface area contributed by atoms with Crippen molar-refractivity contribution in [2.24, 2.45) is 0 Å². The molecule has 80 valence electrons. The molecule has 0 aliphatic rings. The topological polar surface area (TPSA) is 40.5 Å². The van der Waals surface area contributed by atoms with Crippen molar-refractivity contribution in [1.82, 2.24) is 0 Å². The summed E-state index contributed by atoms with van der Waals surface area (Å²) >= 11 is 3.82. The largest absolute Gasteiger partial charge is 0.392 e. The quantitative estimate of drug-likeness (QED) is 0.478. The van der Waals surface area contributed by atoms with Gasteiger partial charge in [-0.05, 0) is 36.1 Å². The van der Waals surface area contributed by atoms with Crippen LogP contribution in [0.2, 0.25) is 0 Å². The molecule has 5 heteroatoms. The molecule has 0 fully saturated rings. The molecule has 0 heterocycles. The van der Waals surface area contributed by atoms with Gasteiger partial charge in [0.15, 0.2) is 0 Å². The van der Waals surface area contributed by atoms with Crippen LogP contribution in [0.25, 0.3) is 0 Å². The Balaban J connectivity index is 3.05. The van der Waals surface area contributed by atoms with Gasteiger partial charge in [-0.3, -0.25) is 0 Å². The minimum absolute atomic E-state index is 0.178. The van der Waals surface area contributed by atoms with Crippen LogP contribution in [0.3, 0.4) is 0 Å². The lowest BCUT2D eigenvalue weighted by Gasteiger charge is -2.10. The minimum Gasteiger partial charge on any atom is -0.392 e. The van der Waals surface area contributed by atoms with E-state index in [4.69, 9.17) is 10.2 Å². The lowest BCUT2D eigenvalue weighted by molar-refractivity contribution is 0.344. The molecular formula is C8H19O2PS2. The Labute approximate surface area is 90.6 Å². The SMILES string of the molecule is CSCCCSCCP(CO)CO. The first-order chi connectivity index (χ1) is 6.35. The molecule has 0 saturated carbocycles. The van der Waals surface area contributed by atoms with Gasteiger partial charge in [0.25, 0.3) is 0 Å². The third-order valence-electron chi connectivity index (χ3n) is 1.59. The summed E-state index contributed by atoms with van der Waals surface area (Å²) in [5.74, 6) is 3.53. The summed E-state index contributed by atoms with van der Waals surface area (Å²) in [5.41, 5.74) is 0. The molecule has 2 nitrogen and oxygen atoms in total. The molecule has 2 N–H and O–H groups in total. The first-order valence-corrected chi connectivity index (χ1v) is 8.80. The highest BCUT2D eigenvalue weighted by molar-refractivity contribution is 8.00. The van der Waals surface area contributed by atoms with Crippen molar-refractivity contribution in [3.63, 3.8) is 0 Å². The van der Waals surface area contributed by atoms with Gasteiger partial charge in [-0.1, -0.05) is 7.92 Å². The van der Waals surface area contributed by atoms with E-state index in [-0.39, 0.29) is 12.7 Å². The summed E-state index contributed by atoms with van der Waals surface area (Å²) in [4.78, 5) is 0. The number of aliphatic hydroxyl groups excluding tert-OH is 2. The van der Waals surface area contributed by atoms with E-state index < -0.39 is 7.92 Å². The maximum Gasteiger partial charge on any atom is 0.0646 e. The standard InChI is InChI=1S/C8H19O2PS2/c1-12-4-2-5-13-6-3-11(7-9)8-10/h9-10H,2-8H2,1H3. The number of hydrogen-bond donors (Lipinski definition) is 2. The fourth-order valence-electron chi connectivity index (χ4n) is 0.787. The first kappa shape index (κ1) is 14.1. The van der Waals surface area contributed by atoms with Crippen LogP contribution in [0.15, 0.2) is 0 Å². The van der Waals surface area contributed by atoms with Gasteiger partial charge in [0, 0.05) is 0 Å². The number of rotatable bonds is 9. The van der Waals surface area contributed by atoms with Gasteiger partial charge in [0.05, 0.1) is 12.7 Å². The lowest BCUT2D eigenvalue weighted by Crippen LogP contribution is -1.97. The third kappa shape index (κ3) is 9.36. The molecule has 13 heavy (non-hydrogen) atoms. The molecule has 0 aromatic carbocycles. The average Bonchev–Trinajstić information content (AvgIpc) is 2.17. The highest BCUT2D eigenvalue weighted by Crippen LogP contribution is 2.32. The van der Waals surface area contributed by atoms with Crippen molar-refractivity contribution >= 4 is 31.4 Å². The Morgan fingerprint density at radius 2 is 1.77 bits per heavy atom. The average molecular weight is 242 g/mol. The maximum atomic E-state index is 8.82. The summed E-state index contributed by atoms with van der Waals surface area (Å²) in [6, 6.07) is 0. The molecule has 0 spiro atoms. The fraction of sp³-hybridized carbons (Fsp3) is 1.00. The normalized spacial score (nSPS) is 11.1. The molecule has 0 aliphatic carbocycles. The predicted molar refractivity (Wildman–Crippen MR) is 66.3 cm³/mol. The fourth-order valence-corrected chi connectivity index (χ4v) is 3.88. The van der Waals surface area contributed by atoms with E-state index in [2.05, 4.69) is 6.26 Å². The highest BCUT2D eigenvalue weighted by Gasteiger charge is 2.03. The molecule has 0 aromatic heterocycles. The van der Waals surface area contributed by atoms with E-state index in [1.807, 2.05) is 23.5 Å².